The molecule has 18 heavy (non-hydrogen) atoms. The highest BCUT2D eigenvalue weighted by atomic mass is 79.9. The molecule has 1 heterocycles. The zero-order chi connectivity index (χ0) is 12.5. The van der Waals surface area contributed by atoms with Crippen molar-refractivity contribution in [3.63, 3.8) is 0 Å². The molecule has 2 nitrogen and oxygen atoms in total. The second-order valence-electron chi connectivity index (χ2n) is 5.51. The number of fused-ring (bicyclic) bond motifs is 1. The van der Waals surface area contributed by atoms with Crippen LogP contribution in [0.2, 0.25) is 0 Å². The Morgan fingerprint density at radius 1 is 1.22 bits per heavy atom. The molecule has 0 amide bonds. The van der Waals surface area contributed by atoms with Gasteiger partial charge in [-0.2, -0.15) is 0 Å². The molecule has 1 fully saturated rings. The van der Waals surface area contributed by atoms with Gasteiger partial charge in [0.15, 0.2) is 0 Å². The number of hydrogen-bond acceptors (Lipinski definition) is 2. The number of aromatic hydroxyl groups is 1. The molecule has 0 bridgehead atoms. The van der Waals surface area contributed by atoms with Crippen molar-refractivity contribution in [3.8, 4) is 5.75 Å². The third-order valence-electron chi connectivity index (χ3n) is 4.34. The van der Waals surface area contributed by atoms with Gasteiger partial charge in [0.1, 0.15) is 5.75 Å². The van der Waals surface area contributed by atoms with E-state index in [-0.39, 0.29) is 0 Å². The summed E-state index contributed by atoms with van der Waals surface area (Å²) in [5.74, 6) is 0.985. The topological polar surface area (TPSA) is 32.3 Å². The summed E-state index contributed by atoms with van der Waals surface area (Å²) in [5, 5.41) is 13.8. The fraction of sp³-hybridized carbons (Fsp3) is 0.600. The monoisotopic (exact) mass is 309 g/mol. The molecule has 1 aliphatic carbocycles. The molecule has 2 N–H and O–H groups in total. The summed E-state index contributed by atoms with van der Waals surface area (Å²) in [6.07, 6.45) is 7.32. The van der Waals surface area contributed by atoms with Crippen molar-refractivity contribution in [3.05, 3.63) is 27.2 Å². The van der Waals surface area contributed by atoms with Crippen LogP contribution in [0.3, 0.4) is 0 Å². The second-order valence-corrected chi connectivity index (χ2v) is 6.36. The first-order chi connectivity index (χ1) is 8.77. The van der Waals surface area contributed by atoms with Crippen molar-refractivity contribution >= 4 is 15.9 Å². The highest BCUT2D eigenvalue weighted by molar-refractivity contribution is 9.10. The van der Waals surface area contributed by atoms with Crippen molar-refractivity contribution in [1.82, 2.24) is 5.32 Å². The van der Waals surface area contributed by atoms with Crippen LogP contribution in [0.1, 0.15) is 48.3 Å². The lowest BCUT2D eigenvalue weighted by Crippen LogP contribution is -2.11. The van der Waals surface area contributed by atoms with E-state index in [0.717, 1.165) is 30.4 Å². The Labute approximate surface area is 117 Å². The van der Waals surface area contributed by atoms with Crippen LogP contribution in [-0.4, -0.2) is 18.2 Å². The normalized spacial score (nSPS) is 23.7. The largest absolute Gasteiger partial charge is 0.506 e. The van der Waals surface area contributed by atoms with Crippen LogP contribution in [0.15, 0.2) is 10.5 Å². The molecule has 2 aliphatic rings. The van der Waals surface area contributed by atoms with E-state index in [4.69, 9.17) is 0 Å². The minimum atomic E-state index is 0.490. The number of hydrogen-bond donors (Lipinski definition) is 2. The molecular formula is C15H20BrNO. The Morgan fingerprint density at radius 2 is 2.06 bits per heavy atom. The van der Waals surface area contributed by atoms with Gasteiger partial charge in [-0.3, -0.25) is 0 Å². The molecule has 1 aromatic carbocycles. The molecule has 0 aromatic heterocycles. The van der Waals surface area contributed by atoms with E-state index < -0.39 is 0 Å². The van der Waals surface area contributed by atoms with Crippen LogP contribution in [0, 0.1) is 0 Å². The summed E-state index contributed by atoms with van der Waals surface area (Å²) in [4.78, 5) is 0. The standard InChI is InChI=1S/C15H20BrNO/c16-13-8-10-4-2-1-3-5-12(10)14(15(13)18)11-6-7-17-9-11/h8,11,17-18H,1-7,9H2. The quantitative estimate of drug-likeness (QED) is 0.778. The van der Waals surface area contributed by atoms with E-state index in [0.29, 0.717) is 11.7 Å². The number of benzene rings is 1. The smallest absolute Gasteiger partial charge is 0.133 e. The van der Waals surface area contributed by atoms with Crippen molar-refractivity contribution in [2.45, 2.75) is 44.4 Å². The molecule has 0 radical (unpaired) electrons. The highest BCUT2D eigenvalue weighted by Crippen LogP contribution is 2.41. The van der Waals surface area contributed by atoms with Gasteiger partial charge in [-0.05, 0) is 71.8 Å². The first-order valence-corrected chi connectivity index (χ1v) is 7.80. The van der Waals surface area contributed by atoms with Gasteiger partial charge in [0.25, 0.3) is 0 Å². The lowest BCUT2D eigenvalue weighted by atomic mass is 9.87. The van der Waals surface area contributed by atoms with Crippen LogP contribution in [0.5, 0.6) is 5.75 Å². The fourth-order valence-corrected chi connectivity index (χ4v) is 3.90. The summed E-state index contributed by atoms with van der Waals surface area (Å²) >= 11 is 3.53. The molecule has 1 aliphatic heterocycles. The number of aryl methyl sites for hydroxylation is 1. The Morgan fingerprint density at radius 3 is 2.83 bits per heavy atom. The fourth-order valence-electron chi connectivity index (χ4n) is 3.41. The molecule has 0 saturated carbocycles. The van der Waals surface area contributed by atoms with Crippen molar-refractivity contribution in [1.29, 1.82) is 0 Å². The average Bonchev–Trinajstić information content (AvgIpc) is 2.78. The van der Waals surface area contributed by atoms with Crippen LogP contribution in [0.25, 0.3) is 0 Å². The molecule has 98 valence electrons. The average molecular weight is 310 g/mol. The summed E-state index contributed by atoms with van der Waals surface area (Å²) in [6.45, 7) is 2.09. The first kappa shape index (κ1) is 12.5. The highest BCUT2D eigenvalue weighted by Gasteiger charge is 2.26. The van der Waals surface area contributed by atoms with E-state index in [9.17, 15) is 5.11 Å². The van der Waals surface area contributed by atoms with E-state index in [1.165, 1.54) is 42.4 Å². The minimum absolute atomic E-state index is 0.490. The van der Waals surface area contributed by atoms with Gasteiger partial charge in [0.2, 0.25) is 0 Å². The molecular weight excluding hydrogens is 290 g/mol. The molecule has 1 saturated heterocycles. The predicted octanol–water partition coefficient (Wildman–Crippen LogP) is 3.50. The number of phenols is 1. The zero-order valence-corrected chi connectivity index (χ0v) is 12.2. The Hall–Kier alpha value is -0.540. The van der Waals surface area contributed by atoms with E-state index in [1.54, 1.807) is 0 Å². The van der Waals surface area contributed by atoms with Crippen LogP contribution < -0.4 is 5.32 Å². The molecule has 0 spiro atoms. The summed E-state index contributed by atoms with van der Waals surface area (Å²) < 4.78 is 0.880. The second kappa shape index (κ2) is 5.22. The lowest BCUT2D eigenvalue weighted by molar-refractivity contribution is 0.457. The molecule has 1 aromatic rings. The SMILES string of the molecule is Oc1c(Br)cc2c(c1C1CCNC1)CCCCC2. The van der Waals surface area contributed by atoms with Gasteiger partial charge < -0.3 is 10.4 Å². The van der Waals surface area contributed by atoms with Gasteiger partial charge in [0, 0.05) is 18.0 Å². The van der Waals surface area contributed by atoms with Gasteiger partial charge >= 0.3 is 0 Å². The van der Waals surface area contributed by atoms with Crippen LogP contribution in [0.4, 0.5) is 0 Å². The minimum Gasteiger partial charge on any atom is -0.506 e. The summed E-state index contributed by atoms with van der Waals surface area (Å²) in [6, 6.07) is 2.14. The lowest BCUT2D eigenvalue weighted by Gasteiger charge is -2.20. The molecule has 1 unspecified atom stereocenters. The third kappa shape index (κ3) is 2.19. The predicted molar refractivity (Wildman–Crippen MR) is 77.3 cm³/mol. The number of phenolic OH excluding ortho intramolecular Hbond substituents is 1. The van der Waals surface area contributed by atoms with Gasteiger partial charge in [-0.15, -0.1) is 0 Å². The Balaban J connectivity index is 2.11. The summed E-state index contributed by atoms with van der Waals surface area (Å²) in [7, 11) is 0. The van der Waals surface area contributed by atoms with Gasteiger partial charge in [0.05, 0.1) is 4.47 Å². The van der Waals surface area contributed by atoms with Gasteiger partial charge in [-0.25, -0.2) is 0 Å². The number of nitrogens with one attached hydrogen (secondary N) is 1. The Kier molecular flexibility index (Phi) is 3.62. The number of rotatable bonds is 1. The van der Waals surface area contributed by atoms with E-state index in [2.05, 4.69) is 27.3 Å². The van der Waals surface area contributed by atoms with Crippen molar-refractivity contribution < 1.29 is 5.11 Å². The first-order valence-electron chi connectivity index (χ1n) is 7.01. The molecule has 3 rings (SSSR count). The maximum absolute atomic E-state index is 10.4. The van der Waals surface area contributed by atoms with E-state index in [1.807, 2.05) is 0 Å². The maximum Gasteiger partial charge on any atom is 0.133 e. The van der Waals surface area contributed by atoms with Crippen LogP contribution >= 0.6 is 15.9 Å². The van der Waals surface area contributed by atoms with Gasteiger partial charge in [-0.1, -0.05) is 6.42 Å². The molecule has 3 heteroatoms. The van der Waals surface area contributed by atoms with E-state index >= 15 is 0 Å². The third-order valence-corrected chi connectivity index (χ3v) is 4.94. The van der Waals surface area contributed by atoms with Crippen molar-refractivity contribution in [2.75, 3.05) is 13.1 Å². The van der Waals surface area contributed by atoms with Crippen molar-refractivity contribution in [2.24, 2.45) is 0 Å². The zero-order valence-electron chi connectivity index (χ0n) is 10.6. The Bertz CT molecular complexity index is 452. The van der Waals surface area contributed by atoms with Crippen LogP contribution in [-0.2, 0) is 12.8 Å². The summed E-state index contributed by atoms with van der Waals surface area (Å²) in [5.41, 5.74) is 4.13. The number of halogens is 1. The maximum atomic E-state index is 10.4. The molecule has 1 atom stereocenters.